The van der Waals surface area contributed by atoms with Crippen LogP contribution in [-0.2, 0) is 0 Å². The smallest absolute Gasteiger partial charge is 0.335 e. The third-order valence-electron chi connectivity index (χ3n) is 3.27. The van der Waals surface area contributed by atoms with Gasteiger partial charge in [0.2, 0.25) is 5.88 Å². The fraction of sp³-hybridized carbons (Fsp3) is 0.278. The molecule has 1 amide bonds. The lowest BCUT2D eigenvalue weighted by atomic mass is 10.1. The molecule has 1 heterocycles. The first kappa shape index (κ1) is 18.3. The SMILES string of the molecule is COc1nc(C)ccc1C(=O)Nc1cc(C(=O)O)ccc1OC(C)C. The van der Waals surface area contributed by atoms with Gasteiger partial charge in [-0.1, -0.05) is 0 Å². The molecule has 1 aromatic carbocycles. The van der Waals surface area contributed by atoms with Crippen molar-refractivity contribution in [1.82, 2.24) is 4.98 Å². The summed E-state index contributed by atoms with van der Waals surface area (Å²) in [5, 5.41) is 11.8. The maximum atomic E-state index is 12.6. The number of aromatic nitrogens is 1. The topological polar surface area (TPSA) is 97.8 Å². The summed E-state index contributed by atoms with van der Waals surface area (Å²) in [6.07, 6.45) is -0.137. The second-order valence-corrected chi connectivity index (χ2v) is 5.65. The van der Waals surface area contributed by atoms with E-state index in [9.17, 15) is 9.59 Å². The van der Waals surface area contributed by atoms with Crippen LogP contribution >= 0.6 is 0 Å². The highest BCUT2D eigenvalue weighted by Crippen LogP contribution is 2.28. The van der Waals surface area contributed by atoms with Crippen molar-refractivity contribution in [1.29, 1.82) is 0 Å². The molecule has 0 aliphatic rings. The molecule has 7 heteroatoms. The number of ether oxygens (including phenoxy) is 2. The van der Waals surface area contributed by atoms with Crippen molar-refractivity contribution in [3.8, 4) is 11.6 Å². The molecular formula is C18H20N2O5. The van der Waals surface area contributed by atoms with Crippen molar-refractivity contribution in [2.24, 2.45) is 0 Å². The van der Waals surface area contributed by atoms with Crippen LogP contribution in [0.25, 0.3) is 0 Å². The van der Waals surface area contributed by atoms with Gasteiger partial charge in [0.15, 0.2) is 0 Å². The summed E-state index contributed by atoms with van der Waals surface area (Å²) in [4.78, 5) is 27.9. The van der Waals surface area contributed by atoms with Crippen LogP contribution in [0.3, 0.4) is 0 Å². The van der Waals surface area contributed by atoms with Crippen molar-refractivity contribution in [3.05, 3.63) is 47.2 Å². The van der Waals surface area contributed by atoms with Gasteiger partial charge in [0.1, 0.15) is 11.3 Å². The zero-order valence-corrected chi connectivity index (χ0v) is 14.5. The van der Waals surface area contributed by atoms with Crippen LogP contribution in [0.1, 0.15) is 40.3 Å². The molecule has 2 N–H and O–H groups in total. The van der Waals surface area contributed by atoms with E-state index >= 15 is 0 Å². The minimum absolute atomic E-state index is 0.0420. The Bertz CT molecular complexity index is 802. The molecule has 0 radical (unpaired) electrons. The first-order valence-corrected chi connectivity index (χ1v) is 7.68. The van der Waals surface area contributed by atoms with E-state index in [1.807, 2.05) is 13.8 Å². The van der Waals surface area contributed by atoms with E-state index in [1.54, 1.807) is 19.1 Å². The summed E-state index contributed by atoms with van der Waals surface area (Å²) in [5.41, 5.74) is 1.26. The lowest BCUT2D eigenvalue weighted by Crippen LogP contribution is -2.16. The molecule has 0 bridgehead atoms. The van der Waals surface area contributed by atoms with E-state index in [0.29, 0.717) is 11.4 Å². The number of carboxylic acid groups (broad SMARTS) is 1. The number of pyridine rings is 1. The fourth-order valence-corrected chi connectivity index (χ4v) is 2.17. The number of amides is 1. The zero-order valence-electron chi connectivity index (χ0n) is 14.5. The van der Waals surface area contributed by atoms with Crippen LogP contribution in [0.4, 0.5) is 5.69 Å². The van der Waals surface area contributed by atoms with Gasteiger partial charge < -0.3 is 19.9 Å². The fourth-order valence-electron chi connectivity index (χ4n) is 2.17. The van der Waals surface area contributed by atoms with Crippen molar-refractivity contribution in [2.45, 2.75) is 26.9 Å². The highest BCUT2D eigenvalue weighted by atomic mass is 16.5. The van der Waals surface area contributed by atoms with E-state index in [-0.39, 0.29) is 28.8 Å². The summed E-state index contributed by atoms with van der Waals surface area (Å²) >= 11 is 0. The molecule has 0 atom stereocenters. The Morgan fingerprint density at radius 1 is 1.20 bits per heavy atom. The maximum Gasteiger partial charge on any atom is 0.335 e. The molecule has 1 aromatic heterocycles. The van der Waals surface area contributed by atoms with Crippen LogP contribution in [0.15, 0.2) is 30.3 Å². The number of hydrogen-bond acceptors (Lipinski definition) is 5. The molecule has 0 spiro atoms. The van der Waals surface area contributed by atoms with E-state index in [2.05, 4.69) is 10.3 Å². The van der Waals surface area contributed by atoms with E-state index in [1.165, 1.54) is 25.3 Å². The number of carbonyl (C=O) groups excluding carboxylic acids is 1. The molecule has 0 saturated heterocycles. The number of methoxy groups -OCH3 is 1. The summed E-state index contributed by atoms with van der Waals surface area (Å²) in [7, 11) is 1.43. The molecule has 0 unspecified atom stereocenters. The van der Waals surface area contributed by atoms with Gasteiger partial charge in [-0.2, -0.15) is 0 Å². The van der Waals surface area contributed by atoms with Crippen molar-refractivity contribution in [3.63, 3.8) is 0 Å². The third-order valence-corrected chi connectivity index (χ3v) is 3.27. The molecule has 2 rings (SSSR count). The highest BCUT2D eigenvalue weighted by molar-refractivity contribution is 6.07. The van der Waals surface area contributed by atoms with Crippen molar-refractivity contribution in [2.75, 3.05) is 12.4 Å². The average molecular weight is 344 g/mol. The van der Waals surface area contributed by atoms with Crippen LogP contribution in [0, 0.1) is 6.92 Å². The third kappa shape index (κ3) is 4.47. The van der Waals surface area contributed by atoms with Gasteiger partial charge in [-0.05, 0) is 51.1 Å². The monoisotopic (exact) mass is 344 g/mol. The molecule has 0 fully saturated rings. The predicted molar refractivity (Wildman–Crippen MR) is 92.6 cm³/mol. The van der Waals surface area contributed by atoms with Gasteiger partial charge in [0.05, 0.1) is 24.5 Å². The Balaban J connectivity index is 2.38. The average Bonchev–Trinajstić information content (AvgIpc) is 2.55. The number of hydrogen-bond donors (Lipinski definition) is 2. The van der Waals surface area contributed by atoms with Gasteiger partial charge in [0, 0.05) is 5.69 Å². The highest BCUT2D eigenvalue weighted by Gasteiger charge is 2.18. The Kier molecular flexibility index (Phi) is 5.59. The molecule has 0 aliphatic carbocycles. The number of nitrogens with zero attached hydrogens (tertiary/aromatic N) is 1. The Morgan fingerprint density at radius 3 is 2.52 bits per heavy atom. The van der Waals surface area contributed by atoms with Crippen molar-refractivity contribution >= 4 is 17.6 Å². The summed E-state index contributed by atoms with van der Waals surface area (Å²) < 4.78 is 10.8. The van der Waals surface area contributed by atoms with Gasteiger partial charge in [0.25, 0.3) is 5.91 Å². The Morgan fingerprint density at radius 2 is 1.92 bits per heavy atom. The predicted octanol–water partition coefficient (Wildman–Crippen LogP) is 3.14. The minimum atomic E-state index is -1.10. The Hall–Kier alpha value is -3.09. The molecule has 132 valence electrons. The second-order valence-electron chi connectivity index (χ2n) is 5.65. The summed E-state index contributed by atoms with van der Waals surface area (Å²) in [6.45, 7) is 5.46. The first-order chi connectivity index (χ1) is 11.8. The number of rotatable bonds is 6. The zero-order chi connectivity index (χ0) is 18.6. The van der Waals surface area contributed by atoms with E-state index < -0.39 is 11.9 Å². The Labute approximate surface area is 145 Å². The summed E-state index contributed by atoms with van der Waals surface area (Å²) in [5.74, 6) is -0.993. The molecular weight excluding hydrogens is 324 g/mol. The molecule has 0 saturated carbocycles. The van der Waals surface area contributed by atoms with Crippen LogP contribution in [0.2, 0.25) is 0 Å². The van der Waals surface area contributed by atoms with Gasteiger partial charge in [-0.3, -0.25) is 4.79 Å². The standard InChI is InChI=1S/C18H20N2O5/c1-10(2)25-15-8-6-12(18(22)23)9-14(15)20-16(21)13-7-5-11(3)19-17(13)24-4/h5-10H,1-4H3,(H,20,21)(H,22,23). The molecule has 0 aliphatic heterocycles. The number of carboxylic acids is 1. The van der Waals surface area contributed by atoms with E-state index in [0.717, 1.165) is 0 Å². The number of aryl methyl sites for hydroxylation is 1. The second kappa shape index (κ2) is 7.65. The quantitative estimate of drug-likeness (QED) is 0.835. The molecule has 25 heavy (non-hydrogen) atoms. The lowest BCUT2D eigenvalue weighted by molar-refractivity contribution is 0.0696. The first-order valence-electron chi connectivity index (χ1n) is 7.68. The maximum absolute atomic E-state index is 12.6. The summed E-state index contributed by atoms with van der Waals surface area (Å²) in [6, 6.07) is 7.58. The largest absolute Gasteiger partial charge is 0.489 e. The van der Waals surface area contributed by atoms with Crippen molar-refractivity contribution < 1.29 is 24.2 Å². The van der Waals surface area contributed by atoms with Gasteiger partial charge in [-0.15, -0.1) is 0 Å². The lowest BCUT2D eigenvalue weighted by Gasteiger charge is -2.16. The van der Waals surface area contributed by atoms with Gasteiger partial charge in [-0.25, -0.2) is 9.78 Å². The number of benzene rings is 1. The van der Waals surface area contributed by atoms with Gasteiger partial charge >= 0.3 is 5.97 Å². The van der Waals surface area contributed by atoms with E-state index in [4.69, 9.17) is 14.6 Å². The number of carbonyl (C=O) groups is 2. The minimum Gasteiger partial charge on any atom is -0.489 e. The van der Waals surface area contributed by atoms with Crippen LogP contribution in [0.5, 0.6) is 11.6 Å². The molecule has 7 nitrogen and oxygen atoms in total. The number of aromatic carboxylic acids is 1. The molecule has 2 aromatic rings. The number of nitrogens with one attached hydrogen (secondary N) is 1. The number of anilines is 1. The normalized spacial score (nSPS) is 10.4. The van der Waals surface area contributed by atoms with Crippen LogP contribution < -0.4 is 14.8 Å². The van der Waals surface area contributed by atoms with Crippen LogP contribution in [-0.4, -0.2) is 35.2 Å².